The summed E-state index contributed by atoms with van der Waals surface area (Å²) in [7, 11) is 1.25. The molecular formula is C20H18N2O4. The third-order valence-corrected chi connectivity index (χ3v) is 4.05. The summed E-state index contributed by atoms with van der Waals surface area (Å²) >= 11 is 0. The molecule has 2 aromatic rings. The van der Waals surface area contributed by atoms with E-state index < -0.39 is 5.97 Å². The number of aryl methyl sites for hydroxylation is 1. The zero-order valence-electron chi connectivity index (χ0n) is 14.2. The lowest BCUT2D eigenvalue weighted by Gasteiger charge is -2.12. The summed E-state index contributed by atoms with van der Waals surface area (Å²) in [4.78, 5) is 11.6. The Morgan fingerprint density at radius 3 is 2.46 bits per heavy atom. The van der Waals surface area contributed by atoms with Crippen LogP contribution >= 0.6 is 0 Å². The van der Waals surface area contributed by atoms with Crippen molar-refractivity contribution in [3.05, 3.63) is 70.0 Å². The molecule has 132 valence electrons. The third kappa shape index (κ3) is 3.97. The molecule has 0 aromatic heterocycles. The SMILES string of the molecule is COC(=O)c1cc(/C=N/N=C/c2ccc3c(c2)CCC(O)=C3)ccc1O. The molecule has 2 N–H and O–H groups in total. The van der Waals surface area contributed by atoms with Crippen LogP contribution in [0.2, 0.25) is 0 Å². The van der Waals surface area contributed by atoms with Gasteiger partial charge in [0.25, 0.3) is 0 Å². The Labute approximate surface area is 150 Å². The molecule has 0 heterocycles. The van der Waals surface area contributed by atoms with E-state index in [4.69, 9.17) is 0 Å². The summed E-state index contributed by atoms with van der Waals surface area (Å²) in [6.45, 7) is 0. The number of aliphatic hydroxyl groups excluding tert-OH is 1. The molecule has 0 aliphatic heterocycles. The van der Waals surface area contributed by atoms with Crippen molar-refractivity contribution < 1.29 is 19.7 Å². The average molecular weight is 350 g/mol. The van der Waals surface area contributed by atoms with Crippen molar-refractivity contribution in [3.63, 3.8) is 0 Å². The number of phenols is 1. The summed E-state index contributed by atoms with van der Waals surface area (Å²) in [5.41, 5.74) is 3.79. The van der Waals surface area contributed by atoms with E-state index in [9.17, 15) is 15.0 Å². The molecule has 0 atom stereocenters. The number of aromatic hydroxyl groups is 1. The highest BCUT2D eigenvalue weighted by molar-refractivity contribution is 5.95. The molecule has 0 saturated carbocycles. The molecule has 0 saturated heterocycles. The largest absolute Gasteiger partial charge is 0.512 e. The number of benzene rings is 2. The number of aliphatic hydroxyl groups is 1. The lowest BCUT2D eigenvalue weighted by molar-refractivity contribution is 0.0597. The van der Waals surface area contributed by atoms with Gasteiger partial charge in [-0.2, -0.15) is 10.2 Å². The minimum absolute atomic E-state index is 0.0754. The van der Waals surface area contributed by atoms with Crippen LogP contribution in [0.1, 0.15) is 39.0 Å². The van der Waals surface area contributed by atoms with E-state index in [2.05, 4.69) is 14.9 Å². The number of rotatable bonds is 4. The van der Waals surface area contributed by atoms with Crippen molar-refractivity contribution in [1.82, 2.24) is 0 Å². The quantitative estimate of drug-likeness (QED) is 0.502. The summed E-state index contributed by atoms with van der Waals surface area (Å²) in [5.74, 6) is -0.356. The molecule has 1 aliphatic carbocycles. The monoisotopic (exact) mass is 350 g/mol. The van der Waals surface area contributed by atoms with E-state index in [1.165, 1.54) is 25.5 Å². The van der Waals surface area contributed by atoms with E-state index in [1.54, 1.807) is 18.4 Å². The molecule has 6 heteroatoms. The van der Waals surface area contributed by atoms with Crippen LogP contribution in [0.15, 0.2) is 52.4 Å². The second-order valence-electron chi connectivity index (χ2n) is 5.85. The summed E-state index contributed by atoms with van der Waals surface area (Å²) in [5, 5.41) is 27.2. The Morgan fingerprint density at radius 2 is 1.73 bits per heavy atom. The van der Waals surface area contributed by atoms with Crippen LogP contribution in [0.4, 0.5) is 0 Å². The Kier molecular flexibility index (Phi) is 5.12. The van der Waals surface area contributed by atoms with E-state index in [-0.39, 0.29) is 11.3 Å². The average Bonchev–Trinajstić information content (AvgIpc) is 2.65. The molecule has 0 radical (unpaired) electrons. The van der Waals surface area contributed by atoms with Gasteiger partial charge in [-0.3, -0.25) is 0 Å². The first-order valence-electron chi connectivity index (χ1n) is 8.07. The summed E-state index contributed by atoms with van der Waals surface area (Å²) in [6, 6.07) is 10.4. The van der Waals surface area contributed by atoms with E-state index in [0.29, 0.717) is 17.7 Å². The predicted octanol–water partition coefficient (Wildman–Crippen LogP) is 3.48. The van der Waals surface area contributed by atoms with Crippen molar-refractivity contribution in [1.29, 1.82) is 0 Å². The van der Waals surface area contributed by atoms with Crippen molar-refractivity contribution in [2.75, 3.05) is 7.11 Å². The fourth-order valence-corrected chi connectivity index (χ4v) is 2.69. The molecule has 0 amide bonds. The molecule has 0 bridgehead atoms. The lowest BCUT2D eigenvalue weighted by Crippen LogP contribution is -2.02. The second kappa shape index (κ2) is 7.65. The van der Waals surface area contributed by atoms with Crippen molar-refractivity contribution in [2.45, 2.75) is 12.8 Å². The second-order valence-corrected chi connectivity index (χ2v) is 5.85. The molecule has 0 spiro atoms. The molecule has 0 fully saturated rings. The number of methoxy groups -OCH3 is 1. The Bertz CT molecular complexity index is 929. The van der Waals surface area contributed by atoms with Crippen molar-refractivity contribution >= 4 is 24.5 Å². The third-order valence-electron chi connectivity index (χ3n) is 4.05. The number of fused-ring (bicyclic) bond motifs is 1. The van der Waals surface area contributed by atoms with Gasteiger partial charge in [-0.25, -0.2) is 4.79 Å². The zero-order valence-corrected chi connectivity index (χ0v) is 14.2. The number of nitrogens with zero attached hydrogens (tertiary/aromatic N) is 2. The van der Waals surface area contributed by atoms with Gasteiger partial charge >= 0.3 is 5.97 Å². The molecular weight excluding hydrogens is 332 g/mol. The number of carbonyl (C=O) groups excluding carboxylic acids is 1. The van der Waals surface area contributed by atoms with Gasteiger partial charge in [0, 0.05) is 6.42 Å². The lowest BCUT2D eigenvalue weighted by atomic mass is 9.95. The normalized spacial score (nSPS) is 13.7. The van der Waals surface area contributed by atoms with Crippen LogP contribution in [0.25, 0.3) is 6.08 Å². The number of esters is 1. The highest BCUT2D eigenvalue weighted by Crippen LogP contribution is 2.23. The minimum Gasteiger partial charge on any atom is -0.512 e. The molecule has 3 rings (SSSR count). The fourth-order valence-electron chi connectivity index (χ4n) is 2.69. The van der Waals surface area contributed by atoms with Gasteiger partial charge in [0.1, 0.15) is 11.3 Å². The first-order chi connectivity index (χ1) is 12.6. The van der Waals surface area contributed by atoms with Crippen molar-refractivity contribution in [3.8, 4) is 5.75 Å². The topological polar surface area (TPSA) is 91.5 Å². The van der Waals surface area contributed by atoms with Crippen LogP contribution in [-0.2, 0) is 11.2 Å². The molecule has 6 nitrogen and oxygen atoms in total. The number of carbonyl (C=O) groups is 1. The molecule has 26 heavy (non-hydrogen) atoms. The predicted molar refractivity (Wildman–Crippen MR) is 100 cm³/mol. The van der Waals surface area contributed by atoms with Gasteiger partial charge in [0.05, 0.1) is 25.3 Å². The van der Waals surface area contributed by atoms with Gasteiger partial charge < -0.3 is 14.9 Å². The van der Waals surface area contributed by atoms with Crippen LogP contribution in [0.5, 0.6) is 5.75 Å². The number of ether oxygens (including phenoxy) is 1. The Balaban J connectivity index is 1.72. The van der Waals surface area contributed by atoms with Gasteiger partial charge in [-0.1, -0.05) is 12.1 Å². The minimum atomic E-state index is -0.615. The Hall–Kier alpha value is -3.41. The van der Waals surface area contributed by atoms with Gasteiger partial charge in [-0.05, 0) is 59.0 Å². The number of phenolic OH excluding ortho intramolecular Hbond substituents is 1. The molecule has 2 aromatic carbocycles. The summed E-state index contributed by atoms with van der Waals surface area (Å²) < 4.78 is 4.61. The van der Waals surface area contributed by atoms with Crippen LogP contribution < -0.4 is 0 Å². The van der Waals surface area contributed by atoms with Crippen LogP contribution in [-0.4, -0.2) is 35.7 Å². The van der Waals surface area contributed by atoms with Crippen molar-refractivity contribution in [2.24, 2.45) is 10.2 Å². The van der Waals surface area contributed by atoms with Gasteiger partial charge in [0.15, 0.2) is 0 Å². The smallest absolute Gasteiger partial charge is 0.341 e. The zero-order chi connectivity index (χ0) is 18.5. The Morgan fingerprint density at radius 1 is 1.04 bits per heavy atom. The number of hydrogen-bond donors (Lipinski definition) is 2. The van der Waals surface area contributed by atoms with Crippen LogP contribution in [0.3, 0.4) is 0 Å². The standard InChI is InChI=1S/C20H18N2O4/c1-26-20(25)18-9-14(3-7-19(18)24)12-22-21-11-13-2-4-16-10-17(23)6-5-15(16)8-13/h2-4,7-12,23-24H,5-6H2,1H3/b21-11+,22-12+. The first kappa shape index (κ1) is 17.4. The first-order valence-corrected chi connectivity index (χ1v) is 8.07. The number of hydrogen-bond acceptors (Lipinski definition) is 6. The maximum absolute atomic E-state index is 11.6. The highest BCUT2D eigenvalue weighted by Gasteiger charge is 2.11. The van der Waals surface area contributed by atoms with Gasteiger partial charge in [-0.15, -0.1) is 0 Å². The highest BCUT2D eigenvalue weighted by atomic mass is 16.5. The van der Waals surface area contributed by atoms with Gasteiger partial charge in [0.2, 0.25) is 0 Å². The van der Waals surface area contributed by atoms with E-state index in [1.807, 2.05) is 18.2 Å². The van der Waals surface area contributed by atoms with Crippen LogP contribution in [0, 0.1) is 0 Å². The maximum atomic E-state index is 11.6. The number of allylic oxidation sites excluding steroid dienone is 1. The molecule has 1 aliphatic rings. The maximum Gasteiger partial charge on any atom is 0.341 e. The van der Waals surface area contributed by atoms with E-state index >= 15 is 0 Å². The summed E-state index contributed by atoms with van der Waals surface area (Å²) in [6.07, 6.45) is 6.35. The molecule has 0 unspecified atom stereocenters. The van der Waals surface area contributed by atoms with E-state index in [0.717, 1.165) is 23.1 Å². The fraction of sp³-hybridized carbons (Fsp3) is 0.150.